The van der Waals surface area contributed by atoms with Gasteiger partial charge in [-0.2, -0.15) is 0 Å². The molecule has 2 rings (SSSR count). The van der Waals surface area contributed by atoms with Gasteiger partial charge in [-0.3, -0.25) is 0 Å². The summed E-state index contributed by atoms with van der Waals surface area (Å²) in [4.78, 5) is 0. The molecule has 0 aromatic heterocycles. The van der Waals surface area contributed by atoms with E-state index in [1.54, 1.807) is 0 Å². The highest BCUT2D eigenvalue weighted by Crippen LogP contribution is 2.24. The first-order valence-electron chi connectivity index (χ1n) is 7.15. The fourth-order valence-corrected chi connectivity index (χ4v) is 2.33. The van der Waals surface area contributed by atoms with Gasteiger partial charge in [0.2, 0.25) is 0 Å². The summed E-state index contributed by atoms with van der Waals surface area (Å²) in [6.07, 6.45) is 2.18. The Kier molecular flexibility index (Phi) is 4.62. The van der Waals surface area contributed by atoms with Crippen LogP contribution in [-0.2, 0) is 6.42 Å². The minimum atomic E-state index is 0.381. The van der Waals surface area contributed by atoms with E-state index in [2.05, 4.69) is 74.6 Å². The SMILES string of the molecule is CCc1ccc(C(CC)Nc2ccccc2C)cc1. The first-order valence-corrected chi connectivity index (χ1v) is 7.15. The van der Waals surface area contributed by atoms with E-state index in [1.165, 1.54) is 22.4 Å². The van der Waals surface area contributed by atoms with Crippen LogP contribution in [0.2, 0.25) is 0 Å². The highest BCUT2D eigenvalue weighted by Gasteiger charge is 2.09. The molecule has 0 aliphatic heterocycles. The quantitative estimate of drug-likeness (QED) is 0.779. The maximum absolute atomic E-state index is 3.65. The molecule has 0 aliphatic rings. The average molecular weight is 253 g/mol. The van der Waals surface area contributed by atoms with Crippen LogP contribution in [-0.4, -0.2) is 0 Å². The fraction of sp³-hybridized carbons (Fsp3) is 0.333. The molecule has 1 heteroatoms. The molecule has 0 aliphatic carbocycles. The van der Waals surface area contributed by atoms with Gasteiger partial charge in [0.25, 0.3) is 0 Å². The van der Waals surface area contributed by atoms with Gasteiger partial charge in [0.15, 0.2) is 0 Å². The van der Waals surface area contributed by atoms with E-state index in [0.717, 1.165) is 12.8 Å². The number of aryl methyl sites for hydroxylation is 2. The third-order valence-corrected chi connectivity index (χ3v) is 3.67. The van der Waals surface area contributed by atoms with Crippen LogP contribution in [0.25, 0.3) is 0 Å². The lowest BCUT2D eigenvalue weighted by Gasteiger charge is -2.20. The molecule has 0 bridgehead atoms. The molecule has 2 aromatic rings. The Bertz CT molecular complexity index is 513. The van der Waals surface area contributed by atoms with Crippen molar-refractivity contribution >= 4 is 5.69 Å². The molecule has 1 atom stereocenters. The summed E-state index contributed by atoms with van der Waals surface area (Å²) in [6.45, 7) is 6.57. The minimum absolute atomic E-state index is 0.381. The molecule has 19 heavy (non-hydrogen) atoms. The molecule has 0 amide bonds. The van der Waals surface area contributed by atoms with Crippen LogP contribution in [0.5, 0.6) is 0 Å². The molecule has 0 fully saturated rings. The maximum Gasteiger partial charge on any atom is 0.0511 e. The number of nitrogens with one attached hydrogen (secondary N) is 1. The minimum Gasteiger partial charge on any atom is -0.378 e. The summed E-state index contributed by atoms with van der Waals surface area (Å²) in [7, 11) is 0. The Labute approximate surface area is 116 Å². The van der Waals surface area contributed by atoms with Crippen molar-refractivity contribution in [3.8, 4) is 0 Å². The molecule has 0 saturated carbocycles. The second kappa shape index (κ2) is 6.42. The molecule has 1 nitrogen and oxygen atoms in total. The summed E-state index contributed by atoms with van der Waals surface area (Å²) in [5.41, 5.74) is 5.29. The summed E-state index contributed by atoms with van der Waals surface area (Å²) in [5, 5.41) is 3.65. The highest BCUT2D eigenvalue weighted by atomic mass is 14.9. The van der Waals surface area contributed by atoms with E-state index in [4.69, 9.17) is 0 Å². The summed E-state index contributed by atoms with van der Waals surface area (Å²) in [6, 6.07) is 17.8. The van der Waals surface area contributed by atoms with Crippen LogP contribution < -0.4 is 5.32 Å². The van der Waals surface area contributed by atoms with Gasteiger partial charge in [-0.15, -0.1) is 0 Å². The van der Waals surface area contributed by atoms with Gasteiger partial charge in [-0.1, -0.05) is 56.3 Å². The predicted octanol–water partition coefficient (Wildman–Crippen LogP) is 5.12. The molecule has 0 heterocycles. The summed E-state index contributed by atoms with van der Waals surface area (Å²) >= 11 is 0. The lowest BCUT2D eigenvalue weighted by molar-refractivity contribution is 0.748. The first kappa shape index (κ1) is 13.7. The van der Waals surface area contributed by atoms with E-state index in [0.29, 0.717) is 6.04 Å². The van der Waals surface area contributed by atoms with Gasteiger partial charge in [-0.25, -0.2) is 0 Å². The van der Waals surface area contributed by atoms with Gasteiger partial charge in [0.05, 0.1) is 6.04 Å². The van der Waals surface area contributed by atoms with Crippen molar-refractivity contribution < 1.29 is 0 Å². The molecule has 0 saturated heterocycles. The number of rotatable bonds is 5. The van der Waals surface area contributed by atoms with E-state index in [-0.39, 0.29) is 0 Å². The van der Waals surface area contributed by atoms with E-state index in [1.807, 2.05) is 0 Å². The smallest absolute Gasteiger partial charge is 0.0511 e. The Hall–Kier alpha value is -1.76. The molecule has 0 radical (unpaired) electrons. The number of hydrogen-bond donors (Lipinski definition) is 1. The van der Waals surface area contributed by atoms with Crippen molar-refractivity contribution in [2.45, 2.75) is 39.7 Å². The summed E-state index contributed by atoms with van der Waals surface area (Å²) < 4.78 is 0. The van der Waals surface area contributed by atoms with Crippen LogP contribution in [0.4, 0.5) is 5.69 Å². The Balaban J connectivity index is 2.17. The molecule has 1 N–H and O–H groups in total. The van der Waals surface area contributed by atoms with Gasteiger partial charge in [-0.05, 0) is 42.5 Å². The van der Waals surface area contributed by atoms with Gasteiger partial charge in [0, 0.05) is 5.69 Å². The molecular formula is C18H23N. The van der Waals surface area contributed by atoms with E-state index >= 15 is 0 Å². The van der Waals surface area contributed by atoms with Crippen LogP contribution >= 0.6 is 0 Å². The second-order valence-corrected chi connectivity index (χ2v) is 5.02. The van der Waals surface area contributed by atoms with Crippen molar-refractivity contribution in [3.05, 3.63) is 65.2 Å². The standard InChI is InChI=1S/C18H23N/c1-4-15-10-12-16(13-11-15)17(5-2)19-18-9-7-6-8-14(18)3/h6-13,17,19H,4-5H2,1-3H3. The van der Waals surface area contributed by atoms with Crippen LogP contribution in [0, 0.1) is 6.92 Å². The van der Waals surface area contributed by atoms with Gasteiger partial charge in [0.1, 0.15) is 0 Å². The predicted molar refractivity (Wildman–Crippen MR) is 83.7 cm³/mol. The van der Waals surface area contributed by atoms with E-state index in [9.17, 15) is 0 Å². The van der Waals surface area contributed by atoms with Gasteiger partial charge >= 0.3 is 0 Å². The zero-order valence-corrected chi connectivity index (χ0v) is 12.1. The Morgan fingerprint density at radius 3 is 2.21 bits per heavy atom. The average Bonchev–Trinajstić information content (AvgIpc) is 2.47. The second-order valence-electron chi connectivity index (χ2n) is 5.02. The topological polar surface area (TPSA) is 12.0 Å². The van der Waals surface area contributed by atoms with Crippen LogP contribution in [0.3, 0.4) is 0 Å². The fourth-order valence-electron chi connectivity index (χ4n) is 2.33. The van der Waals surface area contributed by atoms with Crippen LogP contribution in [0.1, 0.15) is 43.0 Å². The molecule has 2 aromatic carbocycles. The van der Waals surface area contributed by atoms with Crippen molar-refractivity contribution in [3.63, 3.8) is 0 Å². The van der Waals surface area contributed by atoms with Crippen molar-refractivity contribution in [2.75, 3.05) is 5.32 Å². The number of anilines is 1. The molecule has 1 unspecified atom stereocenters. The third-order valence-electron chi connectivity index (χ3n) is 3.67. The summed E-state index contributed by atoms with van der Waals surface area (Å²) in [5.74, 6) is 0. The Morgan fingerprint density at radius 1 is 0.947 bits per heavy atom. The molecular weight excluding hydrogens is 230 g/mol. The third kappa shape index (κ3) is 3.37. The first-order chi connectivity index (χ1) is 9.24. The monoisotopic (exact) mass is 253 g/mol. The molecule has 0 spiro atoms. The van der Waals surface area contributed by atoms with Crippen LogP contribution in [0.15, 0.2) is 48.5 Å². The Morgan fingerprint density at radius 2 is 1.63 bits per heavy atom. The normalized spacial score (nSPS) is 12.2. The van der Waals surface area contributed by atoms with Crippen molar-refractivity contribution in [1.82, 2.24) is 0 Å². The van der Waals surface area contributed by atoms with Crippen molar-refractivity contribution in [2.24, 2.45) is 0 Å². The number of benzene rings is 2. The lowest BCUT2D eigenvalue weighted by atomic mass is 10.0. The largest absolute Gasteiger partial charge is 0.378 e. The number of para-hydroxylation sites is 1. The highest BCUT2D eigenvalue weighted by molar-refractivity contribution is 5.52. The maximum atomic E-state index is 3.65. The lowest BCUT2D eigenvalue weighted by Crippen LogP contribution is -2.10. The zero-order chi connectivity index (χ0) is 13.7. The molecule has 100 valence electrons. The van der Waals surface area contributed by atoms with E-state index < -0.39 is 0 Å². The van der Waals surface area contributed by atoms with Crippen molar-refractivity contribution in [1.29, 1.82) is 0 Å². The number of hydrogen-bond acceptors (Lipinski definition) is 1. The van der Waals surface area contributed by atoms with Gasteiger partial charge < -0.3 is 5.32 Å². The zero-order valence-electron chi connectivity index (χ0n) is 12.1.